The van der Waals surface area contributed by atoms with E-state index in [1.165, 1.54) is 18.2 Å². The summed E-state index contributed by atoms with van der Waals surface area (Å²) >= 11 is 0. The van der Waals surface area contributed by atoms with Crippen molar-refractivity contribution in [3.8, 4) is 0 Å². The van der Waals surface area contributed by atoms with Crippen LogP contribution >= 0.6 is 0 Å². The van der Waals surface area contributed by atoms with Gasteiger partial charge in [0.1, 0.15) is 11.6 Å². The number of carbonyl (C=O) groups excluding carboxylic acids is 1. The molecule has 1 amide bonds. The molecule has 1 unspecified atom stereocenters. The third kappa shape index (κ3) is 3.08. The Morgan fingerprint density at radius 3 is 2.74 bits per heavy atom. The molecular weight excluding hydrogens is 298 g/mol. The summed E-state index contributed by atoms with van der Waals surface area (Å²) in [5.41, 5.74) is 2.15. The van der Waals surface area contributed by atoms with E-state index in [1.807, 2.05) is 24.3 Å². The second-order valence-corrected chi connectivity index (χ2v) is 5.45. The average molecular weight is 314 g/mol. The van der Waals surface area contributed by atoms with Crippen molar-refractivity contribution in [1.29, 1.82) is 0 Å². The predicted molar refractivity (Wildman–Crippen MR) is 85.6 cm³/mol. The number of amides is 1. The number of para-hydroxylation sites is 1. The number of carbonyl (C=O) groups is 1. The van der Waals surface area contributed by atoms with Gasteiger partial charge in [-0.2, -0.15) is 0 Å². The van der Waals surface area contributed by atoms with Crippen LogP contribution in [-0.2, 0) is 11.2 Å². The van der Waals surface area contributed by atoms with Crippen molar-refractivity contribution >= 4 is 17.3 Å². The number of fused-ring (bicyclic) bond motifs is 1. The monoisotopic (exact) mass is 314 g/mol. The van der Waals surface area contributed by atoms with Gasteiger partial charge in [-0.1, -0.05) is 24.8 Å². The number of hydrogen-bond acceptors (Lipinski definition) is 2. The molecule has 3 rings (SSSR count). The molecule has 1 atom stereocenters. The van der Waals surface area contributed by atoms with Crippen molar-refractivity contribution in [2.24, 2.45) is 0 Å². The normalized spacial score (nSPS) is 16.6. The van der Waals surface area contributed by atoms with Crippen LogP contribution in [0, 0.1) is 11.6 Å². The molecule has 1 heterocycles. The zero-order valence-corrected chi connectivity index (χ0v) is 12.4. The number of anilines is 2. The molecular formula is C18H16F2N2O. The quantitative estimate of drug-likeness (QED) is 0.881. The number of nitrogens with zero attached hydrogens (tertiary/aromatic N) is 1. The van der Waals surface area contributed by atoms with E-state index >= 15 is 0 Å². The minimum atomic E-state index is -0.629. The van der Waals surface area contributed by atoms with Crippen LogP contribution in [0.5, 0.6) is 0 Å². The van der Waals surface area contributed by atoms with Gasteiger partial charge in [0, 0.05) is 18.3 Å². The Kier molecular flexibility index (Phi) is 4.10. The third-order valence-corrected chi connectivity index (χ3v) is 3.88. The summed E-state index contributed by atoms with van der Waals surface area (Å²) in [6, 6.07) is 10.9. The van der Waals surface area contributed by atoms with E-state index in [0.717, 1.165) is 17.3 Å². The van der Waals surface area contributed by atoms with E-state index < -0.39 is 11.6 Å². The first-order valence-corrected chi connectivity index (χ1v) is 7.32. The molecule has 0 aromatic heterocycles. The van der Waals surface area contributed by atoms with Gasteiger partial charge >= 0.3 is 0 Å². The molecule has 0 bridgehead atoms. The summed E-state index contributed by atoms with van der Waals surface area (Å²) in [6.45, 7) is 3.85. The van der Waals surface area contributed by atoms with E-state index in [2.05, 4.69) is 11.9 Å². The van der Waals surface area contributed by atoms with E-state index in [9.17, 15) is 13.6 Å². The molecule has 3 nitrogen and oxygen atoms in total. The lowest BCUT2D eigenvalue weighted by molar-refractivity contribution is -0.117. The van der Waals surface area contributed by atoms with Gasteiger partial charge in [0.25, 0.3) is 0 Å². The minimum absolute atomic E-state index is 0.181. The van der Waals surface area contributed by atoms with Crippen molar-refractivity contribution in [2.45, 2.75) is 12.5 Å². The molecule has 5 heteroatoms. The highest BCUT2D eigenvalue weighted by Crippen LogP contribution is 2.34. The third-order valence-electron chi connectivity index (χ3n) is 3.88. The molecule has 0 spiro atoms. The van der Waals surface area contributed by atoms with Crippen molar-refractivity contribution in [1.82, 2.24) is 5.32 Å². The average Bonchev–Trinajstić information content (AvgIpc) is 2.54. The summed E-state index contributed by atoms with van der Waals surface area (Å²) < 4.78 is 27.4. The Morgan fingerprint density at radius 2 is 2.00 bits per heavy atom. The lowest BCUT2D eigenvalue weighted by Gasteiger charge is -2.36. The van der Waals surface area contributed by atoms with Crippen LogP contribution in [0.15, 0.2) is 55.1 Å². The second kappa shape index (κ2) is 6.20. The summed E-state index contributed by atoms with van der Waals surface area (Å²) in [5, 5.41) is 2.84. The van der Waals surface area contributed by atoms with Crippen molar-refractivity contribution in [2.75, 3.05) is 11.4 Å². The first kappa shape index (κ1) is 15.2. The first-order chi connectivity index (χ1) is 11.1. The minimum Gasteiger partial charge on any atom is -0.348 e. The molecule has 2 aromatic carbocycles. The van der Waals surface area contributed by atoms with Crippen LogP contribution in [0.2, 0.25) is 0 Å². The highest BCUT2D eigenvalue weighted by Gasteiger charge is 2.27. The van der Waals surface area contributed by atoms with Gasteiger partial charge in [-0.3, -0.25) is 4.79 Å². The fourth-order valence-electron chi connectivity index (χ4n) is 2.88. The molecule has 1 aliphatic rings. The zero-order chi connectivity index (χ0) is 16.4. The number of hydrogen-bond donors (Lipinski definition) is 1. The van der Waals surface area contributed by atoms with Crippen LogP contribution < -0.4 is 10.2 Å². The highest BCUT2D eigenvalue weighted by molar-refractivity contribution is 5.87. The van der Waals surface area contributed by atoms with Gasteiger partial charge in [0.2, 0.25) is 5.91 Å². The lowest BCUT2D eigenvalue weighted by Crippen LogP contribution is -2.46. The Hall–Kier alpha value is -2.69. The smallest absolute Gasteiger partial charge is 0.243 e. The summed E-state index contributed by atoms with van der Waals surface area (Å²) in [6.07, 6.45) is 1.86. The maximum absolute atomic E-state index is 14.2. The molecule has 1 N–H and O–H groups in total. The summed E-state index contributed by atoms with van der Waals surface area (Å²) in [7, 11) is 0. The van der Waals surface area contributed by atoms with E-state index in [4.69, 9.17) is 0 Å². The van der Waals surface area contributed by atoms with Gasteiger partial charge in [-0.15, -0.1) is 0 Å². The second-order valence-electron chi connectivity index (χ2n) is 5.45. The molecule has 118 valence electrons. The summed E-state index contributed by atoms with van der Waals surface area (Å²) in [4.78, 5) is 13.3. The zero-order valence-electron chi connectivity index (χ0n) is 12.4. The van der Waals surface area contributed by atoms with E-state index in [-0.39, 0.29) is 17.6 Å². The Morgan fingerprint density at radius 1 is 1.22 bits per heavy atom. The lowest BCUT2D eigenvalue weighted by atomic mass is 9.97. The van der Waals surface area contributed by atoms with Crippen LogP contribution in [0.1, 0.15) is 5.56 Å². The Balaban J connectivity index is 2.00. The topological polar surface area (TPSA) is 32.3 Å². The standard InChI is InChI=1S/C18H16F2N2O/c1-2-18(23)21-14-9-12-5-3-4-6-16(12)22(11-14)17-8-7-13(19)10-15(17)20/h2-8,10,14H,1,9,11H2,(H,21,23). The van der Waals surface area contributed by atoms with Crippen molar-refractivity contribution in [3.05, 3.63) is 72.3 Å². The number of rotatable bonds is 3. The van der Waals surface area contributed by atoms with Gasteiger partial charge in [-0.25, -0.2) is 8.78 Å². The van der Waals surface area contributed by atoms with Crippen LogP contribution in [0.3, 0.4) is 0 Å². The van der Waals surface area contributed by atoms with Gasteiger partial charge < -0.3 is 10.2 Å². The molecule has 23 heavy (non-hydrogen) atoms. The van der Waals surface area contributed by atoms with Crippen LogP contribution in [0.25, 0.3) is 0 Å². The molecule has 2 aromatic rings. The van der Waals surface area contributed by atoms with Crippen molar-refractivity contribution in [3.63, 3.8) is 0 Å². The Labute approximate surface area is 133 Å². The van der Waals surface area contributed by atoms with Gasteiger partial charge in [-0.05, 0) is 36.3 Å². The number of halogens is 2. The molecule has 0 aliphatic carbocycles. The van der Waals surface area contributed by atoms with Crippen LogP contribution in [-0.4, -0.2) is 18.5 Å². The SMILES string of the molecule is C=CC(=O)NC1Cc2ccccc2N(c2ccc(F)cc2F)C1. The summed E-state index contributed by atoms with van der Waals surface area (Å²) in [5.74, 6) is -1.52. The predicted octanol–water partition coefficient (Wildman–Crippen LogP) is 3.33. The van der Waals surface area contributed by atoms with Gasteiger partial charge in [0.05, 0.1) is 11.7 Å². The first-order valence-electron chi connectivity index (χ1n) is 7.32. The highest BCUT2D eigenvalue weighted by atomic mass is 19.1. The fourth-order valence-corrected chi connectivity index (χ4v) is 2.88. The van der Waals surface area contributed by atoms with Crippen LogP contribution in [0.4, 0.5) is 20.2 Å². The maximum Gasteiger partial charge on any atom is 0.243 e. The molecule has 0 radical (unpaired) electrons. The van der Waals surface area contributed by atoms with E-state index in [1.54, 1.807) is 4.90 Å². The Bertz CT molecular complexity index is 760. The molecule has 0 fully saturated rings. The number of benzene rings is 2. The fraction of sp³-hybridized carbons (Fsp3) is 0.167. The molecule has 0 saturated heterocycles. The van der Waals surface area contributed by atoms with Gasteiger partial charge in [0.15, 0.2) is 0 Å². The molecule has 0 saturated carbocycles. The molecule has 1 aliphatic heterocycles. The van der Waals surface area contributed by atoms with E-state index in [0.29, 0.717) is 13.0 Å². The maximum atomic E-state index is 14.2. The largest absolute Gasteiger partial charge is 0.348 e. The number of nitrogens with one attached hydrogen (secondary N) is 1. The van der Waals surface area contributed by atoms with Crippen molar-refractivity contribution < 1.29 is 13.6 Å².